The van der Waals surface area contributed by atoms with Crippen LogP contribution < -0.4 is 4.74 Å². The first-order valence-corrected chi connectivity index (χ1v) is 12.4. The molecule has 2 aromatic rings. The summed E-state index contributed by atoms with van der Waals surface area (Å²) in [5.41, 5.74) is 2.16. The minimum atomic E-state index is -0.765. The summed E-state index contributed by atoms with van der Waals surface area (Å²) in [6.45, 7) is 4.86. The van der Waals surface area contributed by atoms with Crippen molar-refractivity contribution in [2.75, 3.05) is 6.61 Å². The zero-order chi connectivity index (χ0) is 22.2. The molecule has 1 aromatic heterocycles. The van der Waals surface area contributed by atoms with E-state index in [1.807, 2.05) is 36.7 Å². The van der Waals surface area contributed by atoms with Crippen LogP contribution in [-0.2, 0) is 6.42 Å². The highest BCUT2D eigenvalue weighted by Gasteiger charge is 2.07. The Bertz CT molecular complexity index is 687. The number of rotatable bonds is 17. The van der Waals surface area contributed by atoms with E-state index in [9.17, 15) is 4.39 Å². The number of aryl methyl sites for hydroxylation is 1. The maximum atomic E-state index is 14.0. The van der Waals surface area contributed by atoms with Crippen LogP contribution in [0.4, 0.5) is 4.39 Å². The van der Waals surface area contributed by atoms with Gasteiger partial charge in [0.2, 0.25) is 0 Å². The predicted octanol–water partition coefficient (Wildman–Crippen LogP) is 8.12. The summed E-state index contributed by atoms with van der Waals surface area (Å²) in [6.07, 6.45) is 17.4. The maximum absolute atomic E-state index is 14.0. The number of halogens is 1. The number of hydrogen-bond donors (Lipinski definition) is 0. The molecule has 0 aliphatic rings. The second kappa shape index (κ2) is 15.8. The van der Waals surface area contributed by atoms with Crippen LogP contribution in [0.2, 0.25) is 0 Å². The molecule has 0 aliphatic heterocycles. The molecule has 0 saturated carbocycles. The molecular weight excluding hydrogens is 387 g/mol. The van der Waals surface area contributed by atoms with Crippen molar-refractivity contribution < 1.29 is 9.13 Å². The fourth-order valence-corrected chi connectivity index (χ4v) is 3.68. The number of unbranched alkanes of at least 4 members (excludes halogenated alkanes) is 8. The summed E-state index contributed by atoms with van der Waals surface area (Å²) in [4.78, 5) is 9.03. The van der Waals surface area contributed by atoms with Gasteiger partial charge < -0.3 is 4.74 Å². The van der Waals surface area contributed by atoms with Crippen LogP contribution in [0.3, 0.4) is 0 Å². The lowest BCUT2D eigenvalue weighted by Crippen LogP contribution is -2.07. The molecule has 0 aliphatic carbocycles. The molecule has 1 unspecified atom stereocenters. The quantitative estimate of drug-likeness (QED) is 0.239. The summed E-state index contributed by atoms with van der Waals surface area (Å²) >= 11 is 0. The molecule has 0 saturated heterocycles. The third-order valence-electron chi connectivity index (χ3n) is 5.71. The van der Waals surface area contributed by atoms with Gasteiger partial charge in [0.05, 0.1) is 6.61 Å². The Morgan fingerprint density at radius 1 is 0.774 bits per heavy atom. The highest BCUT2D eigenvalue weighted by Crippen LogP contribution is 2.20. The highest BCUT2D eigenvalue weighted by molar-refractivity contribution is 5.55. The summed E-state index contributed by atoms with van der Waals surface area (Å²) in [6, 6.07) is 7.76. The molecule has 2 rings (SSSR count). The van der Waals surface area contributed by atoms with Crippen molar-refractivity contribution >= 4 is 0 Å². The highest BCUT2D eigenvalue weighted by atomic mass is 19.1. The van der Waals surface area contributed by atoms with Crippen molar-refractivity contribution in [1.82, 2.24) is 9.97 Å². The van der Waals surface area contributed by atoms with Crippen LogP contribution in [0.25, 0.3) is 11.4 Å². The molecule has 0 bridgehead atoms. The maximum Gasteiger partial charge on any atom is 0.159 e. The van der Waals surface area contributed by atoms with Crippen LogP contribution in [-0.4, -0.2) is 22.7 Å². The summed E-state index contributed by atoms with van der Waals surface area (Å²) in [5, 5.41) is 0. The fourth-order valence-electron chi connectivity index (χ4n) is 3.68. The number of nitrogens with zero attached hydrogens (tertiary/aromatic N) is 2. The number of aromatic nitrogens is 2. The minimum Gasteiger partial charge on any atom is -0.493 e. The van der Waals surface area contributed by atoms with Gasteiger partial charge >= 0.3 is 0 Å². The molecule has 0 amide bonds. The summed E-state index contributed by atoms with van der Waals surface area (Å²) < 4.78 is 19.7. The van der Waals surface area contributed by atoms with E-state index in [2.05, 4.69) is 23.8 Å². The van der Waals surface area contributed by atoms with Crippen molar-refractivity contribution in [2.45, 2.75) is 103 Å². The largest absolute Gasteiger partial charge is 0.493 e. The van der Waals surface area contributed by atoms with E-state index < -0.39 is 6.17 Å². The van der Waals surface area contributed by atoms with E-state index >= 15 is 0 Å². The molecule has 1 atom stereocenters. The molecule has 1 heterocycles. The molecule has 3 nitrogen and oxygen atoms in total. The van der Waals surface area contributed by atoms with E-state index in [0.29, 0.717) is 19.4 Å². The van der Waals surface area contributed by atoms with Gasteiger partial charge in [-0.2, -0.15) is 0 Å². The van der Waals surface area contributed by atoms with Crippen molar-refractivity contribution in [2.24, 2.45) is 0 Å². The molecule has 0 spiro atoms. The van der Waals surface area contributed by atoms with E-state index in [1.54, 1.807) is 0 Å². The molecule has 1 aromatic carbocycles. The van der Waals surface area contributed by atoms with Gasteiger partial charge in [-0.25, -0.2) is 14.4 Å². The lowest BCUT2D eigenvalue weighted by molar-refractivity contribution is 0.222. The van der Waals surface area contributed by atoms with Crippen LogP contribution in [0, 0.1) is 0 Å². The van der Waals surface area contributed by atoms with Gasteiger partial charge in [0.15, 0.2) is 5.82 Å². The number of benzene rings is 1. The van der Waals surface area contributed by atoms with Crippen LogP contribution in [0.5, 0.6) is 5.75 Å². The summed E-state index contributed by atoms with van der Waals surface area (Å²) in [5.74, 6) is 1.50. The second-order valence-electron chi connectivity index (χ2n) is 8.54. The normalized spacial score (nSPS) is 12.1. The van der Waals surface area contributed by atoms with E-state index in [-0.39, 0.29) is 0 Å². The zero-order valence-corrected chi connectivity index (χ0v) is 19.6. The topological polar surface area (TPSA) is 35.0 Å². The molecular formula is C27H41FN2O. The van der Waals surface area contributed by atoms with Gasteiger partial charge in [-0.3, -0.25) is 0 Å². The lowest BCUT2D eigenvalue weighted by Gasteiger charge is -2.10. The Morgan fingerprint density at radius 3 is 2.06 bits per heavy atom. The average Bonchev–Trinajstić information content (AvgIpc) is 2.80. The SMILES string of the molecule is CCCCCCCCC(F)CCOc1ccc(-c2ncc(CCCCCC)cn2)cc1. The van der Waals surface area contributed by atoms with Crippen LogP contribution >= 0.6 is 0 Å². The number of ether oxygens (including phenoxy) is 1. The third-order valence-corrected chi connectivity index (χ3v) is 5.71. The van der Waals surface area contributed by atoms with Crippen molar-refractivity contribution in [3.8, 4) is 17.1 Å². The molecule has 0 fully saturated rings. The molecule has 4 heteroatoms. The Morgan fingerprint density at radius 2 is 1.39 bits per heavy atom. The Balaban J connectivity index is 1.66. The lowest BCUT2D eigenvalue weighted by atomic mass is 10.1. The van der Waals surface area contributed by atoms with Crippen molar-refractivity contribution in [3.05, 3.63) is 42.2 Å². The van der Waals surface area contributed by atoms with Gasteiger partial charge in [0, 0.05) is 24.4 Å². The Kier molecular flexibility index (Phi) is 12.9. The fraction of sp³-hybridized carbons (Fsp3) is 0.630. The van der Waals surface area contributed by atoms with Gasteiger partial charge in [-0.05, 0) is 49.1 Å². The molecule has 0 radical (unpaired) electrons. The van der Waals surface area contributed by atoms with Gasteiger partial charge in [-0.1, -0.05) is 71.6 Å². The third kappa shape index (κ3) is 10.8. The first-order valence-electron chi connectivity index (χ1n) is 12.4. The molecule has 172 valence electrons. The van der Waals surface area contributed by atoms with Crippen molar-refractivity contribution in [1.29, 1.82) is 0 Å². The van der Waals surface area contributed by atoms with E-state index in [1.165, 1.54) is 56.9 Å². The van der Waals surface area contributed by atoms with Gasteiger partial charge in [0.25, 0.3) is 0 Å². The predicted molar refractivity (Wildman–Crippen MR) is 128 cm³/mol. The summed E-state index contributed by atoms with van der Waals surface area (Å²) in [7, 11) is 0. The number of hydrogen-bond acceptors (Lipinski definition) is 3. The second-order valence-corrected chi connectivity index (χ2v) is 8.54. The molecule has 0 N–H and O–H groups in total. The van der Waals surface area contributed by atoms with E-state index in [4.69, 9.17) is 4.74 Å². The first-order chi connectivity index (χ1) is 15.2. The molecule has 31 heavy (non-hydrogen) atoms. The zero-order valence-electron chi connectivity index (χ0n) is 19.6. The Labute approximate surface area is 188 Å². The monoisotopic (exact) mass is 428 g/mol. The van der Waals surface area contributed by atoms with Gasteiger partial charge in [-0.15, -0.1) is 0 Å². The van der Waals surface area contributed by atoms with E-state index in [0.717, 1.165) is 36.4 Å². The van der Waals surface area contributed by atoms with Gasteiger partial charge in [0.1, 0.15) is 11.9 Å². The van der Waals surface area contributed by atoms with Crippen molar-refractivity contribution in [3.63, 3.8) is 0 Å². The smallest absolute Gasteiger partial charge is 0.159 e. The standard InChI is InChI=1S/C27H41FN2O/c1-3-5-7-9-10-12-14-25(28)19-20-31-26-17-15-24(16-18-26)27-29-21-23(22-30-27)13-11-8-6-4-2/h15-18,21-22,25H,3-14,19-20H2,1-2H3. The number of alkyl halides is 1. The van der Waals surface area contributed by atoms with Crippen LogP contribution in [0.1, 0.15) is 96.5 Å². The Hall–Kier alpha value is -1.97. The average molecular weight is 429 g/mol. The van der Waals surface area contributed by atoms with Crippen LogP contribution in [0.15, 0.2) is 36.7 Å². The first kappa shape index (κ1) is 25.3. The minimum absolute atomic E-state index is 0.416.